The Hall–Kier alpha value is -1.85. The Morgan fingerprint density at radius 3 is 2.44 bits per heavy atom. The predicted molar refractivity (Wildman–Crippen MR) is 118 cm³/mol. The number of thiazole rings is 1. The second-order valence-electron chi connectivity index (χ2n) is 6.79. The Morgan fingerprint density at radius 2 is 1.78 bits per heavy atom. The highest BCUT2D eigenvalue weighted by atomic mass is 32.2. The number of amides is 1. The van der Waals surface area contributed by atoms with Gasteiger partial charge in [-0.05, 0) is 60.9 Å². The molecule has 0 atom stereocenters. The summed E-state index contributed by atoms with van der Waals surface area (Å²) in [6.45, 7) is 7.25. The molecule has 0 N–H and O–H groups in total. The third kappa shape index (κ3) is 4.71. The van der Waals surface area contributed by atoms with Gasteiger partial charge in [-0.15, -0.1) is 0 Å². The lowest BCUT2D eigenvalue weighted by Gasteiger charge is -2.06. The van der Waals surface area contributed by atoms with Gasteiger partial charge in [-0.2, -0.15) is 16.8 Å². The molecule has 0 saturated carbocycles. The Labute approximate surface area is 169 Å². The second kappa shape index (κ2) is 8.89. The van der Waals surface area contributed by atoms with Crippen molar-refractivity contribution < 1.29 is 4.79 Å². The molecule has 27 heavy (non-hydrogen) atoms. The molecule has 5 heteroatoms. The summed E-state index contributed by atoms with van der Waals surface area (Å²) >= 11 is 3.41. The molecule has 3 aromatic rings. The van der Waals surface area contributed by atoms with Crippen molar-refractivity contribution >= 4 is 39.2 Å². The summed E-state index contributed by atoms with van der Waals surface area (Å²) < 4.78 is 3.39. The molecular weight excluding hydrogens is 372 g/mol. The molecular formula is C22H26N2OS2. The van der Waals surface area contributed by atoms with Gasteiger partial charge in [0.1, 0.15) is 0 Å². The van der Waals surface area contributed by atoms with E-state index in [0.717, 1.165) is 29.1 Å². The minimum absolute atomic E-state index is 0.0860. The molecule has 0 fully saturated rings. The molecule has 0 saturated heterocycles. The summed E-state index contributed by atoms with van der Waals surface area (Å²) in [7, 11) is 0. The zero-order valence-corrected chi connectivity index (χ0v) is 18.0. The molecule has 0 aliphatic rings. The largest absolute Gasteiger partial charge is 0.316 e. The maximum atomic E-state index is 12.6. The number of carbonyl (C=O) groups excluding carboxylic acids is 1. The average Bonchev–Trinajstić information content (AvgIpc) is 2.96. The minimum Gasteiger partial charge on any atom is -0.316 e. The van der Waals surface area contributed by atoms with Crippen molar-refractivity contribution in [3.63, 3.8) is 0 Å². The number of aryl methyl sites for hydroxylation is 4. The first-order chi connectivity index (χ1) is 13.0. The predicted octanol–water partition coefficient (Wildman–Crippen LogP) is 4.92. The summed E-state index contributed by atoms with van der Waals surface area (Å²) in [5.74, 6) is 0.913. The van der Waals surface area contributed by atoms with E-state index in [4.69, 9.17) is 0 Å². The maximum Gasteiger partial charge on any atom is 0.252 e. The number of benzene rings is 2. The topological polar surface area (TPSA) is 34.4 Å². The van der Waals surface area contributed by atoms with Crippen LogP contribution in [0, 0.1) is 13.8 Å². The zero-order valence-electron chi connectivity index (χ0n) is 16.4. The van der Waals surface area contributed by atoms with Gasteiger partial charge in [0.05, 0.1) is 16.6 Å². The lowest BCUT2D eigenvalue weighted by Crippen LogP contribution is -2.18. The fourth-order valence-electron chi connectivity index (χ4n) is 3.02. The third-order valence-electron chi connectivity index (χ3n) is 4.82. The Bertz CT molecular complexity index is 1010. The molecule has 142 valence electrons. The molecule has 0 spiro atoms. The summed E-state index contributed by atoms with van der Waals surface area (Å²) in [5.41, 5.74) is 6.02. The van der Waals surface area contributed by atoms with E-state index in [-0.39, 0.29) is 5.91 Å². The second-order valence-corrected chi connectivity index (χ2v) is 8.78. The monoisotopic (exact) mass is 398 g/mol. The molecule has 0 unspecified atom stereocenters. The van der Waals surface area contributed by atoms with Crippen LogP contribution in [-0.4, -0.2) is 22.5 Å². The van der Waals surface area contributed by atoms with Gasteiger partial charge in [0.25, 0.3) is 5.91 Å². The summed E-state index contributed by atoms with van der Waals surface area (Å²) in [5, 5.41) is 0. The van der Waals surface area contributed by atoms with Gasteiger partial charge in [0, 0.05) is 12.3 Å². The third-order valence-corrected chi connectivity index (χ3v) is 6.46. The van der Waals surface area contributed by atoms with Crippen LogP contribution < -0.4 is 4.80 Å². The fourth-order valence-corrected chi connectivity index (χ4v) is 4.54. The van der Waals surface area contributed by atoms with Crippen LogP contribution in [0.4, 0.5) is 0 Å². The van der Waals surface area contributed by atoms with Crippen LogP contribution in [0.2, 0.25) is 0 Å². The van der Waals surface area contributed by atoms with Crippen molar-refractivity contribution in [2.24, 2.45) is 4.99 Å². The number of hydrogen-bond acceptors (Lipinski definition) is 3. The lowest BCUT2D eigenvalue weighted by molar-refractivity contribution is -0.117. The molecule has 0 aliphatic carbocycles. The highest BCUT2D eigenvalue weighted by molar-refractivity contribution is 7.98. The quantitative estimate of drug-likeness (QED) is 0.591. The van der Waals surface area contributed by atoms with E-state index in [1.807, 2.05) is 12.1 Å². The standard InChI is InChI=1S/C22H26N2OS2/c1-5-17-6-8-18(9-7-17)14-21(25)23-22-24(10-11-26-4)19-12-15(2)16(3)13-20(19)27-22/h6-9,12-13H,5,10-11,14H2,1-4H3. The number of fused-ring (bicyclic) bond motifs is 1. The van der Waals surface area contributed by atoms with Crippen molar-refractivity contribution in [2.45, 2.75) is 40.2 Å². The van der Waals surface area contributed by atoms with Gasteiger partial charge in [-0.3, -0.25) is 4.79 Å². The van der Waals surface area contributed by atoms with E-state index >= 15 is 0 Å². The van der Waals surface area contributed by atoms with Gasteiger partial charge in [-0.25, -0.2) is 0 Å². The van der Waals surface area contributed by atoms with E-state index in [0.29, 0.717) is 6.42 Å². The highest BCUT2D eigenvalue weighted by Crippen LogP contribution is 2.22. The van der Waals surface area contributed by atoms with Crippen molar-refractivity contribution in [3.05, 3.63) is 63.5 Å². The van der Waals surface area contributed by atoms with Gasteiger partial charge < -0.3 is 4.57 Å². The van der Waals surface area contributed by atoms with Gasteiger partial charge in [0.15, 0.2) is 4.80 Å². The van der Waals surface area contributed by atoms with Crippen LogP contribution in [0.1, 0.15) is 29.2 Å². The number of thioether (sulfide) groups is 1. The van der Waals surface area contributed by atoms with Crippen molar-refractivity contribution in [3.8, 4) is 0 Å². The zero-order chi connectivity index (χ0) is 19.4. The summed E-state index contributed by atoms with van der Waals surface area (Å²) in [6, 6.07) is 12.7. The molecule has 0 radical (unpaired) electrons. The van der Waals surface area contributed by atoms with Gasteiger partial charge in [-0.1, -0.05) is 42.5 Å². The fraction of sp³-hybridized carbons (Fsp3) is 0.364. The molecule has 2 aromatic carbocycles. The molecule has 3 rings (SSSR count). The Kier molecular flexibility index (Phi) is 6.55. The molecule has 1 amide bonds. The SMILES string of the molecule is CCc1ccc(CC(=O)N=c2sc3cc(C)c(C)cc3n2CCSC)cc1. The van der Waals surface area contributed by atoms with Crippen LogP contribution in [-0.2, 0) is 24.2 Å². The number of hydrogen-bond donors (Lipinski definition) is 0. The van der Waals surface area contributed by atoms with E-state index < -0.39 is 0 Å². The first kappa shape index (κ1) is 19.9. The van der Waals surface area contributed by atoms with E-state index in [9.17, 15) is 4.79 Å². The van der Waals surface area contributed by atoms with Crippen LogP contribution in [0.5, 0.6) is 0 Å². The van der Waals surface area contributed by atoms with E-state index in [2.05, 4.69) is 60.9 Å². The normalized spacial score (nSPS) is 12.1. The molecule has 0 bridgehead atoms. The van der Waals surface area contributed by atoms with Crippen molar-refractivity contribution in [1.82, 2.24) is 4.57 Å². The average molecular weight is 399 g/mol. The molecule has 3 nitrogen and oxygen atoms in total. The smallest absolute Gasteiger partial charge is 0.252 e. The molecule has 0 aliphatic heterocycles. The number of aromatic nitrogens is 1. The minimum atomic E-state index is -0.0860. The van der Waals surface area contributed by atoms with Crippen molar-refractivity contribution in [1.29, 1.82) is 0 Å². The van der Waals surface area contributed by atoms with Gasteiger partial charge in [0.2, 0.25) is 0 Å². The number of nitrogens with zero attached hydrogens (tertiary/aromatic N) is 2. The first-order valence-corrected chi connectivity index (χ1v) is 11.5. The number of carbonyl (C=O) groups is 1. The summed E-state index contributed by atoms with van der Waals surface area (Å²) in [6.07, 6.45) is 3.46. The van der Waals surface area contributed by atoms with Crippen LogP contribution in [0.25, 0.3) is 10.2 Å². The van der Waals surface area contributed by atoms with E-state index in [1.54, 1.807) is 23.1 Å². The molecule has 1 aromatic heterocycles. The summed E-state index contributed by atoms with van der Waals surface area (Å²) in [4.78, 5) is 17.9. The van der Waals surface area contributed by atoms with Crippen LogP contribution >= 0.6 is 23.1 Å². The first-order valence-electron chi connectivity index (χ1n) is 9.26. The molecule has 1 heterocycles. The van der Waals surface area contributed by atoms with Crippen LogP contribution in [0.3, 0.4) is 0 Å². The van der Waals surface area contributed by atoms with E-state index in [1.165, 1.54) is 26.9 Å². The Morgan fingerprint density at radius 1 is 1.11 bits per heavy atom. The van der Waals surface area contributed by atoms with Crippen LogP contribution in [0.15, 0.2) is 41.4 Å². The van der Waals surface area contributed by atoms with Crippen molar-refractivity contribution in [2.75, 3.05) is 12.0 Å². The highest BCUT2D eigenvalue weighted by Gasteiger charge is 2.10. The lowest BCUT2D eigenvalue weighted by atomic mass is 10.1. The van der Waals surface area contributed by atoms with Gasteiger partial charge >= 0.3 is 0 Å². The maximum absolute atomic E-state index is 12.6. The Balaban J connectivity index is 1.96. The number of rotatable bonds is 6.